The van der Waals surface area contributed by atoms with Gasteiger partial charge < -0.3 is 19.2 Å². The summed E-state index contributed by atoms with van der Waals surface area (Å²) in [5, 5.41) is 0. The van der Waals surface area contributed by atoms with Gasteiger partial charge in [0.05, 0.1) is 27.0 Å². The first-order chi connectivity index (χ1) is 15.6. The molecule has 1 N–H and O–H groups in total. The van der Waals surface area contributed by atoms with Crippen LogP contribution in [-0.2, 0) is 6.54 Å². The molecule has 0 amide bonds. The molecule has 0 radical (unpaired) electrons. The van der Waals surface area contributed by atoms with Gasteiger partial charge in [0.2, 0.25) is 5.75 Å². The maximum absolute atomic E-state index is 12.3. The highest BCUT2D eigenvalue weighted by Crippen LogP contribution is 2.39. The molecule has 1 fully saturated rings. The van der Waals surface area contributed by atoms with E-state index in [1.165, 1.54) is 0 Å². The monoisotopic (exact) mass is 436 g/mol. The normalized spacial score (nSPS) is 16.5. The molecule has 3 heterocycles. The van der Waals surface area contributed by atoms with Gasteiger partial charge in [0.15, 0.2) is 17.3 Å². The van der Waals surface area contributed by atoms with Crippen LogP contribution in [0.25, 0.3) is 11.5 Å². The highest BCUT2D eigenvalue weighted by molar-refractivity contribution is 5.54. The Labute approximate surface area is 187 Å². The molecule has 1 aromatic carbocycles. The fourth-order valence-electron chi connectivity index (χ4n) is 4.24. The van der Waals surface area contributed by atoms with Gasteiger partial charge in [-0.3, -0.25) is 14.7 Å². The van der Waals surface area contributed by atoms with E-state index in [1.807, 2.05) is 30.3 Å². The molecule has 168 valence electrons. The minimum absolute atomic E-state index is 0.155. The molecule has 1 saturated heterocycles. The van der Waals surface area contributed by atoms with Crippen LogP contribution in [-0.4, -0.2) is 54.3 Å². The molecule has 4 rings (SSSR count). The molecule has 32 heavy (non-hydrogen) atoms. The largest absolute Gasteiger partial charge is 0.493 e. The molecular weight excluding hydrogens is 408 g/mol. The second-order valence-electron chi connectivity index (χ2n) is 7.84. The Morgan fingerprint density at radius 2 is 1.88 bits per heavy atom. The summed E-state index contributed by atoms with van der Waals surface area (Å²) in [6, 6.07) is 11.1. The van der Waals surface area contributed by atoms with E-state index >= 15 is 0 Å². The Morgan fingerprint density at radius 3 is 2.53 bits per heavy atom. The number of hydrogen-bond donors (Lipinski definition) is 1. The summed E-state index contributed by atoms with van der Waals surface area (Å²) in [5.74, 6) is 2.56. The van der Waals surface area contributed by atoms with Gasteiger partial charge in [-0.2, -0.15) is 0 Å². The number of methoxy groups -OCH3 is 3. The molecule has 8 heteroatoms. The minimum Gasteiger partial charge on any atom is -0.493 e. The van der Waals surface area contributed by atoms with Crippen LogP contribution < -0.4 is 19.8 Å². The third kappa shape index (κ3) is 4.75. The Morgan fingerprint density at radius 1 is 1.09 bits per heavy atom. The van der Waals surface area contributed by atoms with Gasteiger partial charge in [-0.25, -0.2) is 4.98 Å². The molecule has 1 aliphatic rings. The molecule has 0 aliphatic carbocycles. The van der Waals surface area contributed by atoms with Gasteiger partial charge in [-0.15, -0.1) is 0 Å². The van der Waals surface area contributed by atoms with Gasteiger partial charge in [-0.1, -0.05) is 6.07 Å². The van der Waals surface area contributed by atoms with E-state index in [0.29, 0.717) is 28.8 Å². The van der Waals surface area contributed by atoms with Crippen LogP contribution in [0.4, 0.5) is 0 Å². The lowest BCUT2D eigenvalue weighted by molar-refractivity contribution is 0.198. The van der Waals surface area contributed by atoms with Crippen molar-refractivity contribution in [1.82, 2.24) is 19.9 Å². The Hall–Kier alpha value is -3.39. The number of benzene rings is 1. The quantitative estimate of drug-likeness (QED) is 0.608. The highest BCUT2D eigenvalue weighted by Gasteiger charge is 2.24. The van der Waals surface area contributed by atoms with Crippen molar-refractivity contribution in [2.45, 2.75) is 25.3 Å². The topological polar surface area (TPSA) is 89.6 Å². The number of pyridine rings is 1. The molecule has 0 saturated carbocycles. The number of nitrogens with zero attached hydrogens (tertiary/aromatic N) is 3. The lowest BCUT2D eigenvalue weighted by Gasteiger charge is -2.32. The Balaban J connectivity index is 1.55. The zero-order valence-corrected chi connectivity index (χ0v) is 18.6. The molecule has 0 spiro atoms. The average Bonchev–Trinajstić information content (AvgIpc) is 2.83. The smallest absolute Gasteiger partial charge is 0.251 e. The summed E-state index contributed by atoms with van der Waals surface area (Å²) < 4.78 is 16.4. The zero-order valence-electron chi connectivity index (χ0n) is 18.6. The van der Waals surface area contributed by atoms with Crippen LogP contribution in [0.1, 0.15) is 30.0 Å². The summed E-state index contributed by atoms with van der Waals surface area (Å²) in [4.78, 5) is 26.6. The van der Waals surface area contributed by atoms with Crippen LogP contribution >= 0.6 is 0 Å². The molecule has 2 aromatic heterocycles. The van der Waals surface area contributed by atoms with Gasteiger partial charge in [0.1, 0.15) is 5.69 Å². The first-order valence-corrected chi connectivity index (χ1v) is 10.6. The van der Waals surface area contributed by atoms with Gasteiger partial charge in [-0.05, 0) is 49.2 Å². The summed E-state index contributed by atoms with van der Waals surface area (Å²) in [7, 11) is 4.84. The summed E-state index contributed by atoms with van der Waals surface area (Å²) in [6.45, 7) is 2.53. The minimum atomic E-state index is -0.155. The van der Waals surface area contributed by atoms with Crippen LogP contribution in [0, 0.1) is 0 Å². The van der Waals surface area contributed by atoms with Crippen molar-refractivity contribution in [3.8, 4) is 28.8 Å². The van der Waals surface area contributed by atoms with Crippen molar-refractivity contribution in [2.75, 3.05) is 34.4 Å². The van der Waals surface area contributed by atoms with E-state index in [0.717, 1.165) is 43.7 Å². The molecule has 0 unspecified atom stereocenters. The van der Waals surface area contributed by atoms with Crippen molar-refractivity contribution >= 4 is 0 Å². The fraction of sp³-hybridized carbons (Fsp3) is 0.375. The maximum atomic E-state index is 12.3. The van der Waals surface area contributed by atoms with Crippen LogP contribution in [0.2, 0.25) is 0 Å². The lowest BCUT2D eigenvalue weighted by atomic mass is 9.94. The van der Waals surface area contributed by atoms with E-state index in [9.17, 15) is 4.79 Å². The average molecular weight is 437 g/mol. The lowest BCUT2D eigenvalue weighted by Crippen LogP contribution is -2.34. The molecule has 8 nitrogen and oxygen atoms in total. The number of aromatic amines is 1. The van der Waals surface area contributed by atoms with Crippen molar-refractivity contribution in [3.05, 3.63) is 64.2 Å². The summed E-state index contributed by atoms with van der Waals surface area (Å²) >= 11 is 0. The standard InChI is InChI=1S/C24H28N4O4/c1-30-20-11-16(12-21(31-2)23(20)32-3)14-28-10-6-7-17(15-28)19-13-22(29)27-24(26-19)18-8-4-5-9-25-18/h4-5,8-9,11-13,17H,6-7,10,14-15H2,1-3H3,(H,26,27,29)/t17-/m0/s1. The van der Waals surface area contributed by atoms with Crippen LogP contribution in [0.3, 0.4) is 0 Å². The van der Waals surface area contributed by atoms with E-state index in [1.54, 1.807) is 33.6 Å². The third-order valence-electron chi connectivity index (χ3n) is 5.72. The number of rotatable bonds is 7. The van der Waals surface area contributed by atoms with E-state index < -0.39 is 0 Å². The van der Waals surface area contributed by atoms with Gasteiger partial charge in [0, 0.05) is 31.3 Å². The number of H-pyrrole nitrogens is 1. The third-order valence-corrected chi connectivity index (χ3v) is 5.72. The molecule has 1 atom stereocenters. The number of likely N-dealkylation sites (tertiary alicyclic amines) is 1. The first-order valence-electron chi connectivity index (χ1n) is 10.6. The fourth-order valence-corrected chi connectivity index (χ4v) is 4.24. The Kier molecular flexibility index (Phi) is 6.70. The SMILES string of the molecule is COc1cc(CN2CCC[C@H](c3cc(=O)[nH]c(-c4ccccn4)n3)C2)cc(OC)c1OC. The van der Waals surface area contributed by atoms with Crippen molar-refractivity contribution in [3.63, 3.8) is 0 Å². The van der Waals surface area contributed by atoms with Gasteiger partial charge in [0.25, 0.3) is 5.56 Å². The van der Waals surface area contributed by atoms with Crippen LogP contribution in [0.15, 0.2) is 47.4 Å². The van der Waals surface area contributed by atoms with Crippen molar-refractivity contribution in [1.29, 1.82) is 0 Å². The maximum Gasteiger partial charge on any atom is 0.251 e. The number of hydrogen-bond acceptors (Lipinski definition) is 7. The number of aromatic nitrogens is 3. The molecule has 1 aliphatic heterocycles. The van der Waals surface area contributed by atoms with Crippen molar-refractivity contribution in [2.24, 2.45) is 0 Å². The second-order valence-corrected chi connectivity index (χ2v) is 7.84. The first kappa shape index (κ1) is 21.8. The second kappa shape index (κ2) is 9.82. The zero-order chi connectivity index (χ0) is 22.5. The van der Waals surface area contributed by atoms with Crippen LogP contribution in [0.5, 0.6) is 17.2 Å². The van der Waals surface area contributed by atoms with Crippen molar-refractivity contribution < 1.29 is 14.2 Å². The predicted octanol–water partition coefficient (Wildman–Crippen LogP) is 3.24. The number of piperidine rings is 1. The molecule has 0 bridgehead atoms. The van der Waals surface area contributed by atoms with Gasteiger partial charge >= 0.3 is 0 Å². The van der Waals surface area contributed by atoms with E-state index in [-0.39, 0.29) is 11.5 Å². The molecular formula is C24H28N4O4. The number of nitrogens with one attached hydrogen (secondary N) is 1. The summed E-state index contributed by atoms with van der Waals surface area (Å²) in [6.07, 6.45) is 3.72. The van der Waals surface area contributed by atoms with E-state index in [2.05, 4.69) is 14.9 Å². The molecule has 3 aromatic rings. The highest BCUT2D eigenvalue weighted by atomic mass is 16.5. The number of ether oxygens (including phenoxy) is 3. The predicted molar refractivity (Wildman–Crippen MR) is 121 cm³/mol. The summed E-state index contributed by atoms with van der Waals surface area (Å²) in [5.41, 5.74) is 2.39. The van der Waals surface area contributed by atoms with E-state index in [4.69, 9.17) is 19.2 Å². The Bertz CT molecular complexity index is 1090.